The van der Waals surface area contributed by atoms with E-state index in [9.17, 15) is 4.79 Å². The average Bonchev–Trinajstić information content (AvgIpc) is 2.58. The van der Waals surface area contributed by atoms with Crippen molar-refractivity contribution in [2.24, 2.45) is 0 Å². The molecule has 0 aliphatic carbocycles. The number of hydrogen-bond acceptors (Lipinski definition) is 6. The van der Waals surface area contributed by atoms with Gasteiger partial charge in [0.2, 0.25) is 0 Å². The van der Waals surface area contributed by atoms with E-state index in [0.29, 0.717) is 5.56 Å². The van der Waals surface area contributed by atoms with Crippen LogP contribution in [0.2, 0.25) is 0 Å². The van der Waals surface area contributed by atoms with Gasteiger partial charge in [-0.15, -0.1) is 23.5 Å². The Bertz CT molecular complexity index is 328. The van der Waals surface area contributed by atoms with Crippen molar-refractivity contribution in [3.05, 3.63) is 5.56 Å². The van der Waals surface area contributed by atoms with Crippen molar-refractivity contribution >= 4 is 41.0 Å². The molecule has 0 atom stereocenters. The van der Waals surface area contributed by atoms with E-state index >= 15 is 0 Å². The van der Waals surface area contributed by atoms with Gasteiger partial charge in [0.1, 0.15) is 10.6 Å². The maximum absolute atomic E-state index is 11.8. The molecule has 0 N–H and O–H groups in total. The van der Waals surface area contributed by atoms with Gasteiger partial charge in [0.25, 0.3) is 0 Å². The summed E-state index contributed by atoms with van der Waals surface area (Å²) < 4.78 is 10.3. The molecular formula is C9H13NO2S3. The van der Waals surface area contributed by atoms with E-state index in [2.05, 4.69) is 4.37 Å². The minimum absolute atomic E-state index is 0.0955. The number of thioether (sulfide) groups is 2. The van der Waals surface area contributed by atoms with Crippen molar-refractivity contribution in [3.8, 4) is 0 Å². The molecule has 0 aromatic carbocycles. The first-order valence-corrected chi connectivity index (χ1v) is 7.61. The van der Waals surface area contributed by atoms with Crippen molar-refractivity contribution in [2.75, 3.05) is 12.5 Å². The summed E-state index contributed by atoms with van der Waals surface area (Å²) in [6.07, 6.45) is 3.75. The largest absolute Gasteiger partial charge is 0.459 e. The highest BCUT2D eigenvalue weighted by molar-refractivity contribution is 8.01. The summed E-state index contributed by atoms with van der Waals surface area (Å²) in [5.41, 5.74) is 0.619. The molecule has 3 nitrogen and oxygen atoms in total. The van der Waals surface area contributed by atoms with Crippen LogP contribution in [0.15, 0.2) is 9.24 Å². The lowest BCUT2D eigenvalue weighted by atomic mass is 10.4. The third kappa shape index (κ3) is 3.12. The highest BCUT2D eigenvalue weighted by Gasteiger charge is 2.22. The van der Waals surface area contributed by atoms with Crippen LogP contribution in [0.25, 0.3) is 0 Å². The van der Waals surface area contributed by atoms with E-state index in [4.69, 9.17) is 4.74 Å². The van der Waals surface area contributed by atoms with Gasteiger partial charge in [0, 0.05) is 0 Å². The average molecular weight is 263 g/mol. The summed E-state index contributed by atoms with van der Waals surface area (Å²) >= 11 is 4.35. The van der Waals surface area contributed by atoms with Gasteiger partial charge in [0.15, 0.2) is 0 Å². The second-order valence-corrected chi connectivity index (χ2v) is 5.66. The molecule has 0 unspecified atom stereocenters. The van der Waals surface area contributed by atoms with Crippen molar-refractivity contribution in [3.63, 3.8) is 0 Å². The van der Waals surface area contributed by atoms with Crippen LogP contribution in [0.5, 0.6) is 0 Å². The van der Waals surface area contributed by atoms with E-state index in [1.807, 2.05) is 26.4 Å². The first-order valence-electron chi connectivity index (χ1n) is 4.38. The van der Waals surface area contributed by atoms with Crippen LogP contribution in [0.1, 0.15) is 24.2 Å². The van der Waals surface area contributed by atoms with Crippen LogP contribution in [0.4, 0.5) is 0 Å². The highest BCUT2D eigenvalue weighted by Crippen LogP contribution is 2.33. The maximum atomic E-state index is 11.8. The third-order valence-electron chi connectivity index (χ3n) is 1.56. The van der Waals surface area contributed by atoms with Gasteiger partial charge in [-0.25, -0.2) is 4.79 Å². The molecule has 1 aromatic heterocycles. The molecule has 0 aliphatic heterocycles. The molecule has 0 aliphatic rings. The molecule has 0 saturated carbocycles. The molecule has 0 fully saturated rings. The second-order valence-electron chi connectivity index (χ2n) is 3.01. The van der Waals surface area contributed by atoms with Crippen molar-refractivity contribution in [1.82, 2.24) is 4.37 Å². The molecule has 0 radical (unpaired) electrons. The Kier molecular flexibility index (Phi) is 4.95. The Labute approximate surface area is 102 Å². The van der Waals surface area contributed by atoms with Crippen LogP contribution in [-0.4, -0.2) is 29.0 Å². The smallest absolute Gasteiger partial charge is 0.343 e. The van der Waals surface area contributed by atoms with Crippen LogP contribution in [-0.2, 0) is 4.74 Å². The number of esters is 1. The molecule has 0 bridgehead atoms. The van der Waals surface area contributed by atoms with Gasteiger partial charge in [-0.2, -0.15) is 4.37 Å². The standard InChI is InChI=1S/C9H13NO2S3/c1-5(2)12-8(11)6-7(13-3)10-15-9(6)14-4/h5H,1-4H3. The zero-order valence-corrected chi connectivity index (χ0v) is 11.5. The Hall–Kier alpha value is -0.200. The number of ether oxygens (including phenoxy) is 1. The van der Waals surface area contributed by atoms with Crippen molar-refractivity contribution in [2.45, 2.75) is 29.2 Å². The number of carbonyl (C=O) groups excluding carboxylic acids is 1. The number of rotatable bonds is 4. The van der Waals surface area contributed by atoms with Gasteiger partial charge in [-0.05, 0) is 37.9 Å². The van der Waals surface area contributed by atoms with Gasteiger partial charge < -0.3 is 4.74 Å². The molecule has 1 rings (SSSR count). The second kappa shape index (κ2) is 5.77. The van der Waals surface area contributed by atoms with Gasteiger partial charge >= 0.3 is 5.97 Å². The summed E-state index contributed by atoms with van der Waals surface area (Å²) in [5.74, 6) is -0.271. The monoisotopic (exact) mass is 263 g/mol. The molecule has 6 heteroatoms. The lowest BCUT2D eigenvalue weighted by Crippen LogP contribution is -2.12. The number of nitrogens with zero attached hydrogens (tertiary/aromatic N) is 1. The molecule has 0 amide bonds. The van der Waals surface area contributed by atoms with Gasteiger partial charge in [-0.3, -0.25) is 0 Å². The predicted molar refractivity (Wildman–Crippen MR) is 66.2 cm³/mol. The summed E-state index contributed by atoms with van der Waals surface area (Å²) in [7, 11) is 0. The first kappa shape index (κ1) is 12.9. The Morgan fingerprint density at radius 1 is 1.40 bits per heavy atom. The maximum Gasteiger partial charge on any atom is 0.343 e. The molecule has 1 aromatic rings. The molecule has 0 spiro atoms. The Balaban J connectivity index is 2.99. The summed E-state index contributed by atoms with van der Waals surface area (Å²) in [5, 5.41) is 0.759. The van der Waals surface area contributed by atoms with E-state index in [-0.39, 0.29) is 12.1 Å². The van der Waals surface area contributed by atoms with E-state index in [1.165, 1.54) is 35.1 Å². The Morgan fingerprint density at radius 2 is 2.07 bits per heavy atom. The normalized spacial score (nSPS) is 10.7. The van der Waals surface area contributed by atoms with Crippen LogP contribution < -0.4 is 0 Å². The molecule has 1 heterocycles. The third-order valence-corrected chi connectivity index (χ3v) is 4.30. The topological polar surface area (TPSA) is 39.2 Å². The fourth-order valence-corrected chi connectivity index (χ4v) is 3.23. The Morgan fingerprint density at radius 3 is 2.53 bits per heavy atom. The fourth-order valence-electron chi connectivity index (χ4n) is 0.984. The number of hydrogen-bond donors (Lipinski definition) is 0. The van der Waals surface area contributed by atoms with Crippen LogP contribution >= 0.6 is 35.1 Å². The minimum Gasteiger partial charge on any atom is -0.459 e. The fraction of sp³-hybridized carbons (Fsp3) is 0.556. The highest BCUT2D eigenvalue weighted by atomic mass is 32.2. The zero-order chi connectivity index (χ0) is 11.4. The van der Waals surface area contributed by atoms with Gasteiger partial charge in [0.05, 0.1) is 10.3 Å². The quantitative estimate of drug-likeness (QED) is 0.616. The van der Waals surface area contributed by atoms with Crippen molar-refractivity contribution in [1.29, 1.82) is 0 Å². The molecular weight excluding hydrogens is 250 g/mol. The van der Waals surface area contributed by atoms with E-state index in [1.54, 1.807) is 0 Å². The van der Waals surface area contributed by atoms with Gasteiger partial charge in [-0.1, -0.05) is 0 Å². The lowest BCUT2D eigenvalue weighted by molar-refractivity contribution is 0.0370. The van der Waals surface area contributed by atoms with Crippen molar-refractivity contribution < 1.29 is 9.53 Å². The van der Waals surface area contributed by atoms with Crippen LogP contribution in [0.3, 0.4) is 0 Å². The summed E-state index contributed by atoms with van der Waals surface area (Å²) in [4.78, 5) is 11.8. The van der Waals surface area contributed by atoms with E-state index in [0.717, 1.165) is 9.24 Å². The SMILES string of the molecule is CSc1nsc(SC)c1C(=O)OC(C)C. The molecule has 84 valence electrons. The summed E-state index contributed by atoms with van der Waals surface area (Å²) in [6.45, 7) is 3.68. The van der Waals surface area contributed by atoms with Crippen LogP contribution in [0, 0.1) is 0 Å². The minimum atomic E-state index is -0.271. The summed E-state index contributed by atoms with van der Waals surface area (Å²) in [6, 6.07) is 0. The molecule has 0 saturated heterocycles. The lowest BCUT2D eigenvalue weighted by Gasteiger charge is -2.08. The number of carbonyl (C=O) groups is 1. The van der Waals surface area contributed by atoms with E-state index < -0.39 is 0 Å². The zero-order valence-electron chi connectivity index (χ0n) is 9.07. The first-order chi connectivity index (χ1) is 7.10. The predicted octanol–water partition coefficient (Wildman–Crippen LogP) is 3.15. The number of aromatic nitrogens is 1. The molecule has 15 heavy (non-hydrogen) atoms.